The van der Waals surface area contributed by atoms with E-state index in [1.54, 1.807) is 0 Å². The van der Waals surface area contributed by atoms with E-state index in [4.69, 9.17) is 25.1 Å². The summed E-state index contributed by atoms with van der Waals surface area (Å²) in [6.45, 7) is 0.563. The molecule has 2 fully saturated rings. The van der Waals surface area contributed by atoms with Crippen LogP contribution in [0.4, 0.5) is 0 Å². The van der Waals surface area contributed by atoms with E-state index in [2.05, 4.69) is 4.98 Å². The monoisotopic (exact) mass is 515 g/mol. The molecule has 2 aliphatic heterocycles. The summed E-state index contributed by atoms with van der Waals surface area (Å²) in [5.41, 5.74) is -1.53. The highest BCUT2D eigenvalue weighted by atomic mass is 16.6. The van der Waals surface area contributed by atoms with Gasteiger partial charge in [-0.25, -0.2) is 9.59 Å². The van der Waals surface area contributed by atoms with Crippen molar-refractivity contribution in [1.29, 1.82) is 5.41 Å². The number of hydrogen-bond acceptors (Lipinski definition) is 12. The second kappa shape index (κ2) is 11.0. The number of aliphatic hydroxyl groups excluding tert-OH is 6. The van der Waals surface area contributed by atoms with Gasteiger partial charge in [-0.15, -0.1) is 0 Å². The third-order valence-electron chi connectivity index (χ3n) is 5.99. The fraction of sp³-hybridized carbons (Fsp3) is 0.600. The predicted molar refractivity (Wildman–Crippen MR) is 118 cm³/mol. The van der Waals surface area contributed by atoms with Crippen molar-refractivity contribution in [1.82, 2.24) is 18.7 Å². The van der Waals surface area contributed by atoms with Crippen LogP contribution < -0.4 is 22.4 Å². The summed E-state index contributed by atoms with van der Waals surface area (Å²) < 4.78 is 13.6. The molecule has 0 saturated carbocycles. The van der Waals surface area contributed by atoms with Gasteiger partial charge in [0.05, 0.1) is 13.2 Å². The van der Waals surface area contributed by atoms with Gasteiger partial charge >= 0.3 is 11.4 Å². The molecule has 8 atom stereocenters. The van der Waals surface area contributed by atoms with Gasteiger partial charge in [-0.2, -0.15) is 0 Å². The Labute approximate surface area is 202 Å². The lowest BCUT2D eigenvalue weighted by Gasteiger charge is -2.18. The summed E-state index contributed by atoms with van der Waals surface area (Å²) in [5, 5.41) is 64.1. The third-order valence-corrected chi connectivity index (χ3v) is 5.99. The number of rotatable bonds is 4. The molecule has 4 heterocycles. The Kier molecular flexibility index (Phi) is 8.42. The molecule has 0 amide bonds. The molecule has 200 valence electrons. The maximum Gasteiger partial charge on any atom is 0.331 e. The van der Waals surface area contributed by atoms with E-state index in [0.29, 0.717) is 0 Å². The molecule has 2 aromatic rings. The van der Waals surface area contributed by atoms with Gasteiger partial charge in [-0.05, 0) is 13.0 Å². The van der Waals surface area contributed by atoms with Crippen LogP contribution in [0.1, 0.15) is 18.0 Å². The smallest absolute Gasteiger partial charge is 0.331 e. The first kappa shape index (κ1) is 27.6. The number of aromatic nitrogens is 4. The molecule has 2 aromatic heterocycles. The number of aromatic amines is 1. The van der Waals surface area contributed by atoms with Crippen LogP contribution in [-0.4, -0.2) is 99.2 Å². The lowest BCUT2D eigenvalue weighted by atomic mass is 10.1. The number of nitrogens with zero attached hydrogens (tertiary/aromatic N) is 3. The maximum atomic E-state index is 11.9. The second-order valence-electron chi connectivity index (χ2n) is 8.39. The predicted octanol–water partition coefficient (Wildman–Crippen LogP) is -5.27. The van der Waals surface area contributed by atoms with Crippen LogP contribution in [0.25, 0.3) is 0 Å². The van der Waals surface area contributed by atoms with Crippen LogP contribution in [0.3, 0.4) is 0 Å². The average molecular weight is 515 g/mol. The van der Waals surface area contributed by atoms with E-state index in [-0.39, 0.29) is 11.1 Å². The summed E-state index contributed by atoms with van der Waals surface area (Å²) in [7, 11) is 1.42. The Morgan fingerprint density at radius 1 is 0.917 bits per heavy atom. The van der Waals surface area contributed by atoms with Gasteiger partial charge in [0.1, 0.15) is 42.1 Å². The largest absolute Gasteiger partial charge is 0.394 e. The first-order chi connectivity index (χ1) is 16.9. The fourth-order valence-corrected chi connectivity index (χ4v) is 3.79. The quantitative estimate of drug-likeness (QED) is 0.191. The summed E-state index contributed by atoms with van der Waals surface area (Å²) in [5.74, 6) is 0. The van der Waals surface area contributed by atoms with E-state index in [9.17, 15) is 34.8 Å². The maximum absolute atomic E-state index is 11.9. The summed E-state index contributed by atoms with van der Waals surface area (Å²) in [6.07, 6.45) is -6.78. The minimum absolute atomic E-state index is 0.0167. The molecule has 0 bridgehead atoms. The summed E-state index contributed by atoms with van der Waals surface area (Å²) in [4.78, 5) is 36.8. The molecular formula is C20H29N5O11. The lowest BCUT2D eigenvalue weighted by molar-refractivity contribution is -0.0555. The molecule has 0 aromatic carbocycles. The Morgan fingerprint density at radius 3 is 1.89 bits per heavy atom. The highest BCUT2D eigenvalue weighted by molar-refractivity contribution is 5.03. The minimum atomic E-state index is -1.36. The van der Waals surface area contributed by atoms with Gasteiger partial charge < -0.3 is 40.1 Å². The van der Waals surface area contributed by atoms with Crippen molar-refractivity contribution in [3.8, 4) is 0 Å². The van der Waals surface area contributed by atoms with Gasteiger partial charge in [-0.1, -0.05) is 0 Å². The van der Waals surface area contributed by atoms with Crippen LogP contribution >= 0.6 is 0 Å². The van der Waals surface area contributed by atoms with E-state index < -0.39 is 79.2 Å². The second-order valence-corrected chi connectivity index (χ2v) is 8.39. The van der Waals surface area contributed by atoms with Gasteiger partial charge in [0, 0.05) is 25.0 Å². The molecule has 16 nitrogen and oxygen atoms in total. The van der Waals surface area contributed by atoms with Gasteiger partial charge in [0.25, 0.3) is 5.56 Å². The van der Waals surface area contributed by atoms with Crippen LogP contribution in [0.2, 0.25) is 0 Å². The molecule has 0 aliphatic carbocycles. The third kappa shape index (κ3) is 5.11. The number of aryl methyl sites for hydroxylation is 1. The zero-order valence-corrected chi connectivity index (χ0v) is 19.3. The zero-order valence-electron chi connectivity index (χ0n) is 19.3. The standard InChI is InChI=1S/C10H15N3O5.C10H14N2O6/c1-12-6(11)2-3-13(10(12)17)9-8(16)7(15)5(4-14)18-9;1-4-2-12(10(17)11-8(4)16)9-7(15)6(14)5(3-13)18-9/h2-3,5,7-9,11,14-16H,4H2,1H3;2,5-7,9,13-15H,3H2,1H3,(H,11,16,17)/t5-,7-,8-,9-;5-,6-,7-,9-/m11/s1. The van der Waals surface area contributed by atoms with E-state index >= 15 is 0 Å². The van der Waals surface area contributed by atoms with Crippen LogP contribution in [-0.2, 0) is 16.5 Å². The van der Waals surface area contributed by atoms with Crippen molar-refractivity contribution < 1.29 is 40.1 Å². The van der Waals surface area contributed by atoms with Crippen LogP contribution in [0, 0.1) is 12.3 Å². The highest BCUT2D eigenvalue weighted by Crippen LogP contribution is 2.28. The number of nitrogens with one attached hydrogen (secondary N) is 2. The van der Waals surface area contributed by atoms with Crippen molar-refractivity contribution in [3.05, 3.63) is 60.8 Å². The first-order valence-electron chi connectivity index (χ1n) is 10.8. The van der Waals surface area contributed by atoms with Gasteiger partial charge in [-0.3, -0.25) is 28.9 Å². The van der Waals surface area contributed by atoms with Crippen molar-refractivity contribution in [3.63, 3.8) is 0 Å². The van der Waals surface area contributed by atoms with E-state index in [1.165, 1.54) is 32.4 Å². The van der Waals surface area contributed by atoms with Crippen molar-refractivity contribution in [2.24, 2.45) is 7.05 Å². The molecule has 0 radical (unpaired) electrons. The topological polar surface area (TPSA) is 245 Å². The fourth-order valence-electron chi connectivity index (χ4n) is 3.79. The summed E-state index contributed by atoms with van der Waals surface area (Å²) in [6, 6.07) is 1.37. The molecule has 4 rings (SSSR count). The molecule has 0 unspecified atom stereocenters. The molecule has 2 aliphatic rings. The van der Waals surface area contributed by atoms with Crippen LogP contribution in [0.5, 0.6) is 0 Å². The zero-order chi connectivity index (χ0) is 26.9. The Bertz CT molecular complexity index is 1270. The highest BCUT2D eigenvalue weighted by Gasteiger charge is 2.44. The van der Waals surface area contributed by atoms with Crippen molar-refractivity contribution in [2.45, 2.75) is 56.0 Å². The molecule has 8 N–H and O–H groups in total. The Balaban J connectivity index is 0.000000201. The number of ether oxygens (including phenoxy) is 2. The molecule has 36 heavy (non-hydrogen) atoms. The molecule has 16 heteroatoms. The van der Waals surface area contributed by atoms with Crippen molar-refractivity contribution in [2.75, 3.05) is 13.2 Å². The number of H-pyrrole nitrogens is 1. The molecule has 0 spiro atoms. The average Bonchev–Trinajstić information content (AvgIpc) is 3.30. The Morgan fingerprint density at radius 2 is 1.42 bits per heavy atom. The minimum Gasteiger partial charge on any atom is -0.394 e. The van der Waals surface area contributed by atoms with Gasteiger partial charge in [0.2, 0.25) is 0 Å². The molecular weight excluding hydrogens is 486 g/mol. The normalized spacial score (nSPS) is 31.8. The number of hydrogen-bond donors (Lipinski definition) is 8. The molecule has 2 saturated heterocycles. The Hall–Kier alpha value is -2.96. The van der Waals surface area contributed by atoms with Crippen molar-refractivity contribution >= 4 is 0 Å². The van der Waals surface area contributed by atoms with E-state index in [1.807, 2.05) is 0 Å². The van der Waals surface area contributed by atoms with E-state index in [0.717, 1.165) is 13.7 Å². The lowest BCUT2D eigenvalue weighted by Crippen LogP contribution is -2.41. The number of aliphatic hydroxyl groups is 6. The SMILES string of the molecule is Cc1cn([C@@H]2O[C@H](CO)[C@@H](O)[C@H]2O)c(=O)[nH]c1=O.Cn1c(=N)ccn([C@@H]2O[C@H](CO)[C@@H](O)[C@H]2O)c1=O. The first-order valence-corrected chi connectivity index (χ1v) is 10.8. The van der Waals surface area contributed by atoms with Gasteiger partial charge in [0.15, 0.2) is 12.5 Å². The van der Waals surface area contributed by atoms with Crippen LogP contribution in [0.15, 0.2) is 32.8 Å². The summed E-state index contributed by atoms with van der Waals surface area (Å²) >= 11 is 0.